The predicted molar refractivity (Wildman–Crippen MR) is 81.4 cm³/mol. The first kappa shape index (κ1) is 14.8. The first-order valence-corrected chi connectivity index (χ1v) is 8.89. The van der Waals surface area contributed by atoms with Gasteiger partial charge in [-0.15, -0.1) is 0 Å². The number of hydrogen-bond acceptors (Lipinski definition) is 2. The van der Waals surface area contributed by atoms with Gasteiger partial charge >= 0.3 is 0 Å². The van der Waals surface area contributed by atoms with Gasteiger partial charge in [0.25, 0.3) is 0 Å². The van der Waals surface area contributed by atoms with Crippen LogP contribution in [0.25, 0.3) is 0 Å². The molecule has 0 aliphatic heterocycles. The van der Waals surface area contributed by atoms with Crippen LogP contribution in [0.3, 0.4) is 0 Å². The van der Waals surface area contributed by atoms with Crippen molar-refractivity contribution in [1.29, 1.82) is 0 Å². The lowest BCUT2D eigenvalue weighted by Crippen LogP contribution is -2.66. The third kappa shape index (κ3) is 1.98. The molecule has 2 N–H and O–H groups in total. The molecule has 3 saturated carbocycles. The number of hydrogen-bond donors (Lipinski definition) is 2. The Hall–Kier alpha value is -0.0800. The summed E-state index contributed by atoms with van der Waals surface area (Å²) in [5, 5.41) is 22.6. The molecule has 5 unspecified atom stereocenters. The molecule has 0 aromatic rings. The maximum absolute atomic E-state index is 11.5. The van der Waals surface area contributed by atoms with E-state index < -0.39 is 11.2 Å². The largest absolute Gasteiger partial charge is 0.389 e. The maximum atomic E-state index is 11.5. The van der Waals surface area contributed by atoms with Crippen LogP contribution < -0.4 is 0 Å². The Labute approximate surface area is 124 Å². The van der Waals surface area contributed by atoms with Gasteiger partial charge < -0.3 is 10.2 Å². The van der Waals surface area contributed by atoms with E-state index in [0.717, 1.165) is 44.4 Å². The maximum Gasteiger partial charge on any atom is 0.0733 e. The summed E-state index contributed by atoms with van der Waals surface area (Å²) in [6.07, 6.45) is 12.3. The second kappa shape index (κ2) is 4.98. The van der Waals surface area contributed by atoms with Crippen molar-refractivity contribution < 1.29 is 10.2 Å². The van der Waals surface area contributed by atoms with Crippen molar-refractivity contribution in [3.63, 3.8) is 0 Å². The van der Waals surface area contributed by atoms with Crippen molar-refractivity contribution >= 4 is 0 Å². The van der Waals surface area contributed by atoms with E-state index in [1.807, 2.05) is 6.92 Å². The molecule has 0 aromatic carbocycles. The molecule has 0 heterocycles. The van der Waals surface area contributed by atoms with Crippen LogP contribution in [0.2, 0.25) is 0 Å². The van der Waals surface area contributed by atoms with Gasteiger partial charge in [-0.2, -0.15) is 0 Å². The van der Waals surface area contributed by atoms with Crippen LogP contribution in [0.1, 0.15) is 84.5 Å². The van der Waals surface area contributed by atoms with Crippen LogP contribution in [0.5, 0.6) is 0 Å². The highest BCUT2D eigenvalue weighted by molar-refractivity contribution is 5.14. The number of rotatable bonds is 2. The molecular formula is C18H32O2. The molecule has 20 heavy (non-hydrogen) atoms. The second-order valence-corrected chi connectivity index (χ2v) is 8.16. The van der Waals surface area contributed by atoms with E-state index in [4.69, 9.17) is 0 Å². The van der Waals surface area contributed by atoms with Crippen molar-refractivity contribution in [2.24, 2.45) is 17.3 Å². The molecule has 3 rings (SSSR count). The van der Waals surface area contributed by atoms with E-state index in [-0.39, 0.29) is 5.41 Å². The molecule has 0 saturated heterocycles. The Balaban J connectivity index is 1.98. The third-order valence-electron chi connectivity index (χ3n) is 7.33. The monoisotopic (exact) mass is 280 g/mol. The van der Waals surface area contributed by atoms with Gasteiger partial charge in [-0.05, 0) is 50.9 Å². The third-order valence-corrected chi connectivity index (χ3v) is 7.33. The molecule has 0 bridgehead atoms. The standard InChI is InChI=1S/C18H32O2/c1-3-16(2,19)17-10-6-7-11-18(17,20)13-15-9-5-4-8-14(15)12-17/h14-15,19-20H,3-13H2,1-2H3. The quantitative estimate of drug-likeness (QED) is 0.801. The Kier molecular flexibility index (Phi) is 3.70. The fourth-order valence-electron chi connectivity index (χ4n) is 5.94. The van der Waals surface area contributed by atoms with E-state index in [0.29, 0.717) is 5.92 Å². The Morgan fingerprint density at radius 1 is 1.00 bits per heavy atom. The lowest BCUT2D eigenvalue weighted by Gasteiger charge is -2.63. The Morgan fingerprint density at radius 2 is 1.60 bits per heavy atom. The van der Waals surface area contributed by atoms with Crippen LogP contribution in [-0.2, 0) is 0 Å². The average molecular weight is 280 g/mol. The lowest BCUT2D eigenvalue weighted by atomic mass is 9.45. The second-order valence-electron chi connectivity index (χ2n) is 8.16. The Bertz CT molecular complexity index is 364. The summed E-state index contributed by atoms with van der Waals surface area (Å²) in [5.41, 5.74) is -1.57. The van der Waals surface area contributed by atoms with E-state index >= 15 is 0 Å². The van der Waals surface area contributed by atoms with Crippen LogP contribution in [0.15, 0.2) is 0 Å². The zero-order valence-corrected chi connectivity index (χ0v) is 13.3. The molecule has 0 spiro atoms. The SMILES string of the molecule is CCC(C)(O)C12CCCCC1(O)CC1CCCCC1C2. The van der Waals surface area contributed by atoms with E-state index in [9.17, 15) is 10.2 Å². The number of fused-ring (bicyclic) bond motifs is 2. The molecule has 0 radical (unpaired) electrons. The minimum Gasteiger partial charge on any atom is -0.389 e. The zero-order valence-electron chi connectivity index (χ0n) is 13.3. The van der Waals surface area contributed by atoms with Gasteiger partial charge in [0.2, 0.25) is 0 Å². The Morgan fingerprint density at radius 3 is 2.25 bits per heavy atom. The highest BCUT2D eigenvalue weighted by Gasteiger charge is 2.63. The summed E-state index contributed by atoms with van der Waals surface area (Å²) >= 11 is 0. The smallest absolute Gasteiger partial charge is 0.0733 e. The predicted octanol–water partition coefficient (Wildman–Crippen LogP) is 4.04. The van der Waals surface area contributed by atoms with E-state index in [2.05, 4.69) is 6.92 Å². The van der Waals surface area contributed by atoms with Gasteiger partial charge in [0.15, 0.2) is 0 Å². The summed E-state index contributed by atoms with van der Waals surface area (Å²) in [5.74, 6) is 1.47. The average Bonchev–Trinajstić information content (AvgIpc) is 2.44. The molecule has 3 fully saturated rings. The van der Waals surface area contributed by atoms with E-state index in [1.54, 1.807) is 0 Å². The minimum atomic E-state index is -0.718. The van der Waals surface area contributed by atoms with Gasteiger partial charge in [0.1, 0.15) is 0 Å². The summed E-state index contributed by atoms with van der Waals surface area (Å²) in [7, 11) is 0. The van der Waals surface area contributed by atoms with E-state index in [1.165, 1.54) is 32.1 Å². The summed E-state index contributed by atoms with van der Waals surface area (Å²) < 4.78 is 0. The zero-order chi connectivity index (χ0) is 14.4. The normalized spacial score (nSPS) is 48.0. The summed E-state index contributed by atoms with van der Waals surface area (Å²) in [6.45, 7) is 4.07. The van der Waals surface area contributed by atoms with Gasteiger partial charge in [-0.25, -0.2) is 0 Å². The van der Waals surface area contributed by atoms with Crippen molar-refractivity contribution in [3.05, 3.63) is 0 Å². The molecule has 0 aromatic heterocycles. The summed E-state index contributed by atoms with van der Waals surface area (Å²) in [4.78, 5) is 0. The fraction of sp³-hybridized carbons (Fsp3) is 1.00. The van der Waals surface area contributed by atoms with Gasteiger partial charge in [-0.3, -0.25) is 0 Å². The minimum absolute atomic E-state index is 0.245. The molecule has 116 valence electrons. The highest BCUT2D eigenvalue weighted by Crippen LogP contribution is 2.63. The molecular weight excluding hydrogens is 248 g/mol. The van der Waals surface area contributed by atoms with Gasteiger partial charge in [0, 0.05) is 5.41 Å². The van der Waals surface area contributed by atoms with Crippen molar-refractivity contribution in [2.45, 2.75) is 95.7 Å². The molecule has 3 aliphatic carbocycles. The van der Waals surface area contributed by atoms with Crippen LogP contribution in [0.4, 0.5) is 0 Å². The molecule has 2 nitrogen and oxygen atoms in total. The number of aliphatic hydroxyl groups is 2. The fourth-order valence-corrected chi connectivity index (χ4v) is 5.94. The summed E-state index contributed by atoms with van der Waals surface area (Å²) in [6, 6.07) is 0. The van der Waals surface area contributed by atoms with Crippen molar-refractivity contribution in [2.75, 3.05) is 0 Å². The van der Waals surface area contributed by atoms with Crippen LogP contribution in [0, 0.1) is 17.3 Å². The van der Waals surface area contributed by atoms with Crippen LogP contribution >= 0.6 is 0 Å². The molecule has 2 heteroatoms. The van der Waals surface area contributed by atoms with Gasteiger partial charge in [-0.1, -0.05) is 45.4 Å². The van der Waals surface area contributed by atoms with Crippen molar-refractivity contribution in [3.8, 4) is 0 Å². The lowest BCUT2D eigenvalue weighted by molar-refractivity contribution is -0.250. The highest BCUT2D eigenvalue weighted by atomic mass is 16.3. The molecule has 0 amide bonds. The molecule has 3 aliphatic rings. The van der Waals surface area contributed by atoms with Crippen molar-refractivity contribution in [1.82, 2.24) is 0 Å². The first-order chi connectivity index (χ1) is 9.44. The van der Waals surface area contributed by atoms with Gasteiger partial charge in [0.05, 0.1) is 11.2 Å². The first-order valence-electron chi connectivity index (χ1n) is 8.89. The topological polar surface area (TPSA) is 40.5 Å². The van der Waals surface area contributed by atoms with Crippen LogP contribution in [-0.4, -0.2) is 21.4 Å². The molecule has 5 atom stereocenters.